The Morgan fingerprint density at radius 1 is 1.31 bits per heavy atom. The summed E-state index contributed by atoms with van der Waals surface area (Å²) >= 11 is 3.44. The number of aromatic nitrogens is 3. The maximum atomic E-state index is 4.23. The van der Waals surface area contributed by atoms with Gasteiger partial charge >= 0.3 is 0 Å². The van der Waals surface area contributed by atoms with Crippen LogP contribution in [0.1, 0.15) is 12.2 Å². The van der Waals surface area contributed by atoms with E-state index in [4.69, 9.17) is 0 Å². The number of imidazole rings is 1. The van der Waals surface area contributed by atoms with Crippen LogP contribution in [0.25, 0.3) is 0 Å². The lowest BCUT2D eigenvalue weighted by atomic mass is 10.3. The highest BCUT2D eigenvalue weighted by Gasteiger charge is 1.99. The fourth-order valence-electron chi connectivity index (χ4n) is 1.41. The highest BCUT2D eigenvalue weighted by atomic mass is 79.9. The van der Waals surface area contributed by atoms with Crippen molar-refractivity contribution in [1.29, 1.82) is 0 Å². The van der Waals surface area contributed by atoms with Crippen LogP contribution in [0, 0.1) is 0 Å². The first-order chi connectivity index (χ1) is 7.86. The van der Waals surface area contributed by atoms with Crippen LogP contribution in [0.15, 0.2) is 35.2 Å². The summed E-state index contributed by atoms with van der Waals surface area (Å²) in [4.78, 5) is 11.5. The summed E-state index contributed by atoms with van der Waals surface area (Å²) in [6.07, 6.45) is 7.37. The Kier molecular flexibility index (Phi) is 3.93. The van der Waals surface area contributed by atoms with Gasteiger partial charge in [0.2, 0.25) is 0 Å². The molecule has 2 N–H and O–H groups in total. The van der Waals surface area contributed by atoms with E-state index in [0.29, 0.717) is 0 Å². The molecule has 0 aliphatic heterocycles. The van der Waals surface area contributed by atoms with Crippen LogP contribution < -0.4 is 5.32 Å². The summed E-state index contributed by atoms with van der Waals surface area (Å²) < 4.78 is 0.994. The van der Waals surface area contributed by atoms with Crippen molar-refractivity contribution in [3.63, 3.8) is 0 Å². The molecule has 0 saturated heterocycles. The molecule has 0 aromatic carbocycles. The Balaban J connectivity index is 1.74. The van der Waals surface area contributed by atoms with Gasteiger partial charge in [-0.3, -0.25) is 0 Å². The van der Waals surface area contributed by atoms with Gasteiger partial charge in [0.05, 0.1) is 4.47 Å². The van der Waals surface area contributed by atoms with E-state index in [-0.39, 0.29) is 0 Å². The molecule has 2 aromatic heterocycles. The zero-order chi connectivity index (χ0) is 11.2. The Hall–Kier alpha value is -1.36. The van der Waals surface area contributed by atoms with Crippen molar-refractivity contribution in [2.75, 3.05) is 11.9 Å². The van der Waals surface area contributed by atoms with Gasteiger partial charge in [-0.25, -0.2) is 9.97 Å². The fourth-order valence-corrected chi connectivity index (χ4v) is 1.81. The predicted octanol–water partition coefficient (Wildman–Crippen LogP) is 2.61. The standard InChI is InChI=1S/C11H13BrN4/c12-9-3-1-5-15-11(9)16-6-2-4-10-13-7-8-14-10/h1,3,5,7-8H,2,4,6H2,(H,13,14)(H,15,16). The van der Waals surface area contributed by atoms with E-state index in [1.165, 1.54) is 0 Å². The number of hydrogen-bond donors (Lipinski definition) is 2. The van der Waals surface area contributed by atoms with Gasteiger partial charge in [-0.1, -0.05) is 0 Å². The number of hydrogen-bond acceptors (Lipinski definition) is 3. The minimum absolute atomic E-state index is 0.885. The number of nitrogens with one attached hydrogen (secondary N) is 2. The normalized spacial score (nSPS) is 10.3. The van der Waals surface area contributed by atoms with Gasteiger partial charge in [0.25, 0.3) is 0 Å². The second-order valence-corrected chi connectivity index (χ2v) is 4.25. The average molecular weight is 281 g/mol. The van der Waals surface area contributed by atoms with Crippen molar-refractivity contribution in [3.8, 4) is 0 Å². The molecule has 0 amide bonds. The lowest BCUT2D eigenvalue weighted by Crippen LogP contribution is -2.05. The summed E-state index contributed by atoms with van der Waals surface area (Å²) in [6, 6.07) is 3.87. The Bertz CT molecular complexity index is 427. The highest BCUT2D eigenvalue weighted by Crippen LogP contribution is 2.17. The SMILES string of the molecule is Brc1cccnc1NCCCc1ncc[nH]1. The third-order valence-corrected chi connectivity index (χ3v) is 2.84. The van der Waals surface area contributed by atoms with E-state index in [1.807, 2.05) is 18.3 Å². The van der Waals surface area contributed by atoms with Gasteiger partial charge in [0, 0.05) is 31.6 Å². The summed E-state index contributed by atoms with van der Waals surface area (Å²) in [6.45, 7) is 0.885. The first-order valence-corrected chi connectivity index (χ1v) is 5.98. The molecule has 0 aliphatic carbocycles. The smallest absolute Gasteiger partial charge is 0.140 e. The Morgan fingerprint density at radius 3 is 3.00 bits per heavy atom. The minimum Gasteiger partial charge on any atom is -0.369 e. The molecule has 0 saturated carbocycles. The molecular weight excluding hydrogens is 268 g/mol. The van der Waals surface area contributed by atoms with Gasteiger partial charge in [-0.15, -0.1) is 0 Å². The molecule has 0 fully saturated rings. The number of aryl methyl sites for hydroxylation is 1. The van der Waals surface area contributed by atoms with Crippen molar-refractivity contribution in [2.45, 2.75) is 12.8 Å². The summed E-state index contributed by atoms with van der Waals surface area (Å²) in [7, 11) is 0. The molecule has 5 heteroatoms. The molecule has 0 spiro atoms. The van der Waals surface area contributed by atoms with Gasteiger partial charge in [-0.2, -0.15) is 0 Å². The first-order valence-electron chi connectivity index (χ1n) is 5.19. The average Bonchev–Trinajstić information content (AvgIpc) is 2.79. The van der Waals surface area contributed by atoms with Crippen LogP contribution in [0.5, 0.6) is 0 Å². The lowest BCUT2D eigenvalue weighted by molar-refractivity contribution is 0.813. The van der Waals surface area contributed by atoms with Crippen molar-refractivity contribution in [1.82, 2.24) is 15.0 Å². The summed E-state index contributed by atoms with van der Waals surface area (Å²) in [5, 5.41) is 3.28. The molecule has 0 bridgehead atoms. The second kappa shape index (κ2) is 5.65. The summed E-state index contributed by atoms with van der Waals surface area (Å²) in [5.41, 5.74) is 0. The minimum atomic E-state index is 0.885. The monoisotopic (exact) mass is 280 g/mol. The zero-order valence-corrected chi connectivity index (χ0v) is 10.4. The maximum Gasteiger partial charge on any atom is 0.140 e. The third-order valence-electron chi connectivity index (χ3n) is 2.20. The molecule has 2 rings (SSSR count). The number of H-pyrrole nitrogens is 1. The van der Waals surface area contributed by atoms with Crippen molar-refractivity contribution >= 4 is 21.7 Å². The predicted molar refractivity (Wildman–Crippen MR) is 67.3 cm³/mol. The van der Waals surface area contributed by atoms with Crippen LogP contribution in [0.4, 0.5) is 5.82 Å². The number of pyridine rings is 1. The van der Waals surface area contributed by atoms with E-state index < -0.39 is 0 Å². The Morgan fingerprint density at radius 2 is 2.25 bits per heavy atom. The molecule has 0 radical (unpaired) electrons. The van der Waals surface area contributed by atoms with E-state index >= 15 is 0 Å². The van der Waals surface area contributed by atoms with E-state index in [0.717, 1.165) is 35.5 Å². The zero-order valence-electron chi connectivity index (χ0n) is 8.78. The molecule has 2 heterocycles. The largest absolute Gasteiger partial charge is 0.369 e. The van der Waals surface area contributed by atoms with Crippen LogP contribution in [0.2, 0.25) is 0 Å². The number of rotatable bonds is 5. The van der Waals surface area contributed by atoms with Gasteiger partial charge in [-0.05, 0) is 34.5 Å². The first kappa shape index (κ1) is 11.1. The molecule has 0 atom stereocenters. The van der Waals surface area contributed by atoms with Gasteiger partial charge in [0.15, 0.2) is 0 Å². The van der Waals surface area contributed by atoms with Crippen LogP contribution >= 0.6 is 15.9 Å². The quantitative estimate of drug-likeness (QED) is 0.828. The Labute approximate surface area is 103 Å². The van der Waals surface area contributed by atoms with Gasteiger partial charge < -0.3 is 10.3 Å². The van der Waals surface area contributed by atoms with Crippen molar-refractivity contribution in [2.24, 2.45) is 0 Å². The van der Waals surface area contributed by atoms with E-state index in [2.05, 4.69) is 36.2 Å². The number of aromatic amines is 1. The topological polar surface area (TPSA) is 53.6 Å². The molecule has 16 heavy (non-hydrogen) atoms. The fraction of sp³-hybridized carbons (Fsp3) is 0.273. The highest BCUT2D eigenvalue weighted by molar-refractivity contribution is 9.10. The maximum absolute atomic E-state index is 4.23. The van der Waals surface area contributed by atoms with Crippen LogP contribution in [-0.4, -0.2) is 21.5 Å². The molecule has 84 valence electrons. The lowest BCUT2D eigenvalue weighted by Gasteiger charge is -2.05. The van der Waals surface area contributed by atoms with Crippen molar-refractivity contribution in [3.05, 3.63) is 41.0 Å². The van der Waals surface area contributed by atoms with Gasteiger partial charge in [0.1, 0.15) is 11.6 Å². The second-order valence-electron chi connectivity index (χ2n) is 3.40. The number of nitrogens with zero attached hydrogens (tertiary/aromatic N) is 2. The van der Waals surface area contributed by atoms with Crippen molar-refractivity contribution < 1.29 is 0 Å². The van der Waals surface area contributed by atoms with E-state index in [1.54, 1.807) is 12.4 Å². The van der Waals surface area contributed by atoms with E-state index in [9.17, 15) is 0 Å². The van der Waals surface area contributed by atoms with Crippen LogP contribution in [-0.2, 0) is 6.42 Å². The molecule has 0 aliphatic rings. The summed E-state index contributed by atoms with van der Waals surface area (Å²) in [5.74, 6) is 1.92. The molecule has 2 aromatic rings. The number of halogens is 1. The number of anilines is 1. The third kappa shape index (κ3) is 3.06. The molecular formula is C11H13BrN4. The molecule has 4 nitrogen and oxygen atoms in total. The molecule has 0 unspecified atom stereocenters. The van der Waals surface area contributed by atoms with Crippen LogP contribution in [0.3, 0.4) is 0 Å².